The van der Waals surface area contributed by atoms with Crippen LogP contribution in [0.2, 0.25) is 5.02 Å². The van der Waals surface area contributed by atoms with Gasteiger partial charge in [0.2, 0.25) is 0 Å². The molecule has 0 radical (unpaired) electrons. The predicted molar refractivity (Wildman–Crippen MR) is 80.5 cm³/mol. The van der Waals surface area contributed by atoms with Crippen molar-refractivity contribution in [3.8, 4) is 0 Å². The first-order chi connectivity index (χ1) is 9.16. The van der Waals surface area contributed by atoms with Crippen LogP contribution in [-0.2, 0) is 0 Å². The van der Waals surface area contributed by atoms with Gasteiger partial charge in [0.25, 0.3) is 5.56 Å². The molecular weight excluding hydrogens is 280 g/mol. The topological polar surface area (TPSA) is 37.8 Å². The van der Waals surface area contributed by atoms with E-state index in [1.54, 1.807) is 22.8 Å². The van der Waals surface area contributed by atoms with E-state index in [-0.39, 0.29) is 11.6 Å². The Balaban J connectivity index is 2.22. The molecule has 1 N–H and O–H groups in total. The normalized spacial score (nSPS) is 16.9. The molecule has 1 heterocycles. The summed E-state index contributed by atoms with van der Waals surface area (Å²) in [4.78, 5) is 15.7. The number of H-pyrrole nitrogens is 1. The van der Waals surface area contributed by atoms with Gasteiger partial charge >= 0.3 is 0 Å². The Hall–Kier alpha value is -1.13. The summed E-state index contributed by atoms with van der Waals surface area (Å²) in [5, 5.41) is 1.26. The lowest BCUT2D eigenvalue weighted by Crippen LogP contribution is -2.28. The Bertz CT molecular complexity index is 728. The van der Waals surface area contributed by atoms with Crippen molar-refractivity contribution in [2.24, 2.45) is 0 Å². The predicted octanol–water partition coefficient (Wildman–Crippen LogP) is 4.22. The molecule has 2 aromatic rings. The minimum atomic E-state index is 0.00215. The Kier molecular flexibility index (Phi) is 3.46. The molecule has 0 aliphatic heterocycles. The molecule has 1 aliphatic carbocycles. The standard InChI is InChI=1S/C14H15ClN2OS/c15-9-6-7-11-12(8-9)16-14(19)17(13(11)18)10-4-2-1-3-5-10/h6-8,10H,1-5H2,(H,16,19). The molecule has 1 aliphatic rings. The minimum Gasteiger partial charge on any atom is -0.331 e. The Morgan fingerprint density at radius 3 is 2.74 bits per heavy atom. The van der Waals surface area contributed by atoms with E-state index in [4.69, 9.17) is 23.8 Å². The van der Waals surface area contributed by atoms with Gasteiger partial charge in [0, 0.05) is 11.1 Å². The van der Waals surface area contributed by atoms with Crippen LogP contribution in [0.4, 0.5) is 0 Å². The fourth-order valence-corrected chi connectivity index (χ4v) is 3.39. The minimum absolute atomic E-state index is 0.00215. The number of rotatable bonds is 1. The lowest BCUT2D eigenvalue weighted by molar-refractivity contribution is 0.342. The zero-order valence-corrected chi connectivity index (χ0v) is 12.1. The summed E-state index contributed by atoms with van der Waals surface area (Å²) in [6, 6.07) is 5.50. The van der Waals surface area contributed by atoms with Crippen molar-refractivity contribution in [1.29, 1.82) is 0 Å². The zero-order chi connectivity index (χ0) is 13.4. The molecule has 0 atom stereocenters. The Morgan fingerprint density at radius 1 is 1.26 bits per heavy atom. The number of fused-ring (bicyclic) bond motifs is 1. The van der Waals surface area contributed by atoms with Gasteiger partial charge in [-0.25, -0.2) is 0 Å². The third-order valence-electron chi connectivity index (χ3n) is 3.83. The molecule has 0 amide bonds. The van der Waals surface area contributed by atoms with Gasteiger partial charge in [-0.05, 0) is 43.3 Å². The van der Waals surface area contributed by atoms with E-state index in [1.807, 2.05) is 0 Å². The summed E-state index contributed by atoms with van der Waals surface area (Å²) in [6.45, 7) is 0. The second kappa shape index (κ2) is 5.10. The third kappa shape index (κ3) is 2.35. The van der Waals surface area contributed by atoms with Crippen molar-refractivity contribution in [2.45, 2.75) is 38.1 Å². The van der Waals surface area contributed by atoms with Crippen LogP contribution in [0.1, 0.15) is 38.1 Å². The van der Waals surface area contributed by atoms with E-state index < -0.39 is 0 Å². The van der Waals surface area contributed by atoms with Crippen molar-refractivity contribution in [1.82, 2.24) is 9.55 Å². The number of aromatic nitrogens is 2. The lowest BCUT2D eigenvalue weighted by atomic mass is 9.95. The van der Waals surface area contributed by atoms with Crippen LogP contribution in [0.3, 0.4) is 0 Å². The molecule has 1 saturated carbocycles. The first kappa shape index (κ1) is 12.9. The molecule has 0 spiro atoms. The van der Waals surface area contributed by atoms with Gasteiger partial charge in [-0.15, -0.1) is 0 Å². The van der Waals surface area contributed by atoms with Gasteiger partial charge in [-0.3, -0.25) is 9.36 Å². The number of aromatic amines is 1. The number of halogens is 1. The van der Waals surface area contributed by atoms with Crippen LogP contribution in [0, 0.1) is 4.77 Å². The lowest BCUT2D eigenvalue weighted by Gasteiger charge is -2.24. The monoisotopic (exact) mass is 294 g/mol. The van der Waals surface area contributed by atoms with Crippen LogP contribution in [0.5, 0.6) is 0 Å². The highest BCUT2D eigenvalue weighted by Crippen LogP contribution is 2.27. The fourth-order valence-electron chi connectivity index (χ4n) is 2.87. The highest BCUT2D eigenvalue weighted by molar-refractivity contribution is 7.71. The van der Waals surface area contributed by atoms with Crippen molar-refractivity contribution < 1.29 is 0 Å². The summed E-state index contributed by atoms with van der Waals surface area (Å²) in [5.41, 5.74) is 0.719. The summed E-state index contributed by atoms with van der Waals surface area (Å²) < 4.78 is 2.26. The highest BCUT2D eigenvalue weighted by Gasteiger charge is 2.18. The van der Waals surface area contributed by atoms with Crippen LogP contribution in [0.25, 0.3) is 10.9 Å². The fraction of sp³-hybridized carbons (Fsp3) is 0.429. The van der Waals surface area contributed by atoms with Crippen molar-refractivity contribution in [3.05, 3.63) is 38.3 Å². The molecule has 0 bridgehead atoms. The summed E-state index contributed by atoms with van der Waals surface area (Å²) >= 11 is 11.3. The molecule has 0 unspecified atom stereocenters. The van der Waals surface area contributed by atoms with Gasteiger partial charge in [0.1, 0.15) is 0 Å². The first-order valence-electron chi connectivity index (χ1n) is 6.61. The molecule has 1 fully saturated rings. The van der Waals surface area contributed by atoms with Crippen LogP contribution in [0.15, 0.2) is 23.0 Å². The van der Waals surface area contributed by atoms with E-state index in [0.717, 1.165) is 18.4 Å². The Labute approximate surface area is 121 Å². The average Bonchev–Trinajstić information content (AvgIpc) is 2.39. The number of nitrogens with zero attached hydrogens (tertiary/aromatic N) is 1. The number of nitrogens with one attached hydrogen (secondary N) is 1. The SMILES string of the molecule is O=c1c2ccc(Cl)cc2[nH]c(=S)n1C1CCCCC1. The molecule has 1 aromatic carbocycles. The molecule has 3 nitrogen and oxygen atoms in total. The van der Waals surface area contributed by atoms with E-state index in [9.17, 15) is 4.79 Å². The second-order valence-corrected chi connectivity index (χ2v) is 5.91. The third-order valence-corrected chi connectivity index (χ3v) is 4.36. The maximum absolute atomic E-state index is 12.6. The first-order valence-corrected chi connectivity index (χ1v) is 7.39. The number of hydrogen-bond acceptors (Lipinski definition) is 2. The summed E-state index contributed by atoms with van der Waals surface area (Å²) in [5.74, 6) is 0. The maximum Gasteiger partial charge on any atom is 0.262 e. The number of hydrogen-bond donors (Lipinski definition) is 1. The largest absolute Gasteiger partial charge is 0.331 e. The van der Waals surface area contributed by atoms with Crippen LogP contribution in [-0.4, -0.2) is 9.55 Å². The van der Waals surface area contributed by atoms with Gasteiger partial charge < -0.3 is 4.98 Å². The average molecular weight is 295 g/mol. The van der Waals surface area contributed by atoms with Gasteiger partial charge in [-0.2, -0.15) is 0 Å². The van der Waals surface area contributed by atoms with Gasteiger partial charge in [0.05, 0.1) is 10.9 Å². The quantitative estimate of drug-likeness (QED) is 0.800. The van der Waals surface area contributed by atoms with Gasteiger partial charge in [-0.1, -0.05) is 30.9 Å². The smallest absolute Gasteiger partial charge is 0.262 e. The molecule has 0 saturated heterocycles. The second-order valence-electron chi connectivity index (χ2n) is 5.09. The Morgan fingerprint density at radius 2 is 2.00 bits per heavy atom. The molecule has 19 heavy (non-hydrogen) atoms. The number of benzene rings is 1. The highest BCUT2D eigenvalue weighted by atomic mass is 35.5. The maximum atomic E-state index is 12.6. The molecular formula is C14H15ClN2OS. The van der Waals surface area contributed by atoms with E-state index in [2.05, 4.69) is 4.98 Å². The summed E-state index contributed by atoms with van der Waals surface area (Å²) in [7, 11) is 0. The van der Waals surface area contributed by atoms with E-state index in [0.29, 0.717) is 15.2 Å². The van der Waals surface area contributed by atoms with Crippen LogP contribution >= 0.6 is 23.8 Å². The molecule has 1 aromatic heterocycles. The zero-order valence-electron chi connectivity index (χ0n) is 10.5. The van der Waals surface area contributed by atoms with E-state index in [1.165, 1.54) is 19.3 Å². The molecule has 3 rings (SSSR count). The van der Waals surface area contributed by atoms with Gasteiger partial charge in [0.15, 0.2) is 4.77 Å². The van der Waals surface area contributed by atoms with Crippen molar-refractivity contribution in [3.63, 3.8) is 0 Å². The molecule has 100 valence electrons. The molecule has 5 heteroatoms. The van der Waals surface area contributed by atoms with Crippen LogP contribution < -0.4 is 5.56 Å². The summed E-state index contributed by atoms with van der Waals surface area (Å²) in [6.07, 6.45) is 5.67. The van der Waals surface area contributed by atoms with Crippen molar-refractivity contribution >= 4 is 34.7 Å². The van der Waals surface area contributed by atoms with E-state index >= 15 is 0 Å². The van der Waals surface area contributed by atoms with Crippen molar-refractivity contribution in [2.75, 3.05) is 0 Å².